The molecule has 0 spiro atoms. The van der Waals surface area contributed by atoms with E-state index in [1.54, 1.807) is 7.11 Å². The van der Waals surface area contributed by atoms with E-state index in [1.165, 1.54) is 0 Å². The van der Waals surface area contributed by atoms with Crippen LogP contribution in [0.25, 0.3) is 22.4 Å². The predicted octanol–water partition coefficient (Wildman–Crippen LogP) is 4.94. The van der Waals surface area contributed by atoms with Crippen LogP contribution >= 0.6 is 0 Å². The first-order valence-corrected chi connectivity index (χ1v) is 10.1. The predicted molar refractivity (Wildman–Crippen MR) is 120 cm³/mol. The number of fused-ring (bicyclic) bond motifs is 1. The summed E-state index contributed by atoms with van der Waals surface area (Å²) in [5, 5.41) is 3.15. The molecule has 2 aromatic heterocycles. The fourth-order valence-corrected chi connectivity index (χ4v) is 3.77. The number of hydrogen-bond donors (Lipinski definition) is 2. The van der Waals surface area contributed by atoms with Crippen molar-refractivity contribution in [3.05, 3.63) is 71.4 Å². The molecule has 2 N–H and O–H groups in total. The summed E-state index contributed by atoms with van der Waals surface area (Å²) in [6.45, 7) is 5.54. The van der Waals surface area contributed by atoms with Crippen LogP contribution in [0.1, 0.15) is 28.0 Å². The van der Waals surface area contributed by atoms with Crippen molar-refractivity contribution in [3.63, 3.8) is 0 Å². The minimum absolute atomic E-state index is 0.140. The lowest BCUT2D eigenvalue weighted by atomic mass is 10.1. The highest BCUT2D eigenvalue weighted by Gasteiger charge is 2.23. The SMILES string of the molecule is COCCCn1c(C)c(C)c(-c2nc3ccccc3[nH]2)c1NC(=O)c1ccccc1. The molecule has 0 aliphatic carbocycles. The van der Waals surface area contributed by atoms with E-state index in [2.05, 4.69) is 28.7 Å². The standard InChI is InChI=1S/C24H26N4O2/c1-16-17(2)28(14-9-15-30-3)23(27-24(29)18-10-5-4-6-11-18)21(16)22-25-19-12-7-8-13-20(19)26-22/h4-8,10-13H,9,14-15H2,1-3H3,(H,25,26)(H,27,29). The van der Waals surface area contributed by atoms with E-state index in [-0.39, 0.29) is 5.91 Å². The molecule has 6 heteroatoms. The van der Waals surface area contributed by atoms with Crippen molar-refractivity contribution >= 4 is 22.8 Å². The molecule has 154 valence electrons. The van der Waals surface area contributed by atoms with Gasteiger partial charge in [-0.15, -0.1) is 0 Å². The number of rotatable bonds is 7. The molecule has 0 bridgehead atoms. The second-order valence-corrected chi connectivity index (χ2v) is 7.35. The number of methoxy groups -OCH3 is 1. The Hall–Kier alpha value is -3.38. The average Bonchev–Trinajstić information content (AvgIpc) is 3.28. The van der Waals surface area contributed by atoms with E-state index in [1.807, 2.05) is 54.6 Å². The van der Waals surface area contributed by atoms with Gasteiger partial charge in [0.2, 0.25) is 0 Å². The Labute approximate surface area is 175 Å². The molecule has 2 aromatic carbocycles. The fourth-order valence-electron chi connectivity index (χ4n) is 3.77. The van der Waals surface area contributed by atoms with Gasteiger partial charge in [0.25, 0.3) is 5.91 Å². The maximum atomic E-state index is 13.0. The number of nitrogens with zero attached hydrogens (tertiary/aromatic N) is 2. The van der Waals surface area contributed by atoms with E-state index in [0.717, 1.165) is 52.5 Å². The molecule has 30 heavy (non-hydrogen) atoms. The first kappa shape index (κ1) is 19.9. The summed E-state index contributed by atoms with van der Waals surface area (Å²) in [7, 11) is 1.70. The van der Waals surface area contributed by atoms with Crippen LogP contribution in [0.5, 0.6) is 0 Å². The van der Waals surface area contributed by atoms with Gasteiger partial charge in [0.15, 0.2) is 0 Å². The number of carbonyl (C=O) groups excluding carboxylic acids is 1. The van der Waals surface area contributed by atoms with Crippen molar-refractivity contribution in [2.45, 2.75) is 26.8 Å². The monoisotopic (exact) mass is 402 g/mol. The third kappa shape index (κ3) is 3.74. The molecule has 0 fully saturated rings. The number of aromatic nitrogens is 3. The van der Waals surface area contributed by atoms with Crippen LogP contribution < -0.4 is 5.32 Å². The van der Waals surface area contributed by atoms with Crippen LogP contribution in [0.2, 0.25) is 0 Å². The molecule has 0 unspecified atom stereocenters. The van der Waals surface area contributed by atoms with Gasteiger partial charge in [-0.05, 0) is 50.1 Å². The highest BCUT2D eigenvalue weighted by molar-refractivity contribution is 6.06. The van der Waals surface area contributed by atoms with Crippen molar-refractivity contribution in [1.29, 1.82) is 0 Å². The van der Waals surface area contributed by atoms with E-state index in [9.17, 15) is 4.79 Å². The van der Waals surface area contributed by atoms with E-state index >= 15 is 0 Å². The molecule has 1 amide bonds. The molecule has 0 aliphatic heterocycles. The van der Waals surface area contributed by atoms with Gasteiger partial charge in [0.05, 0.1) is 16.6 Å². The van der Waals surface area contributed by atoms with Crippen molar-refractivity contribution < 1.29 is 9.53 Å². The lowest BCUT2D eigenvalue weighted by Crippen LogP contribution is -2.17. The average molecular weight is 402 g/mol. The zero-order chi connectivity index (χ0) is 21.1. The molecule has 0 aliphatic rings. The maximum absolute atomic E-state index is 13.0. The molecule has 6 nitrogen and oxygen atoms in total. The highest BCUT2D eigenvalue weighted by atomic mass is 16.5. The van der Waals surface area contributed by atoms with Crippen LogP contribution in [-0.4, -0.2) is 34.2 Å². The second-order valence-electron chi connectivity index (χ2n) is 7.35. The third-order valence-electron chi connectivity index (χ3n) is 5.45. The first-order valence-electron chi connectivity index (χ1n) is 10.1. The zero-order valence-electron chi connectivity index (χ0n) is 17.5. The lowest BCUT2D eigenvalue weighted by molar-refractivity contribution is 0.102. The van der Waals surface area contributed by atoms with Gasteiger partial charge in [-0.25, -0.2) is 4.98 Å². The maximum Gasteiger partial charge on any atom is 0.256 e. The molecule has 0 saturated carbocycles. The van der Waals surface area contributed by atoms with Gasteiger partial charge in [-0.2, -0.15) is 0 Å². The number of carbonyl (C=O) groups is 1. The van der Waals surface area contributed by atoms with E-state index in [0.29, 0.717) is 12.2 Å². The van der Waals surface area contributed by atoms with Crippen LogP contribution in [0.4, 0.5) is 5.82 Å². The van der Waals surface area contributed by atoms with Gasteiger partial charge in [-0.3, -0.25) is 4.79 Å². The van der Waals surface area contributed by atoms with Crippen LogP contribution in [0, 0.1) is 13.8 Å². The second kappa shape index (κ2) is 8.55. The highest BCUT2D eigenvalue weighted by Crippen LogP contribution is 2.36. The molecule has 0 radical (unpaired) electrons. The van der Waals surface area contributed by atoms with Gasteiger partial charge >= 0.3 is 0 Å². The molecule has 4 aromatic rings. The smallest absolute Gasteiger partial charge is 0.256 e. The summed E-state index contributed by atoms with van der Waals surface area (Å²) < 4.78 is 7.39. The number of ether oxygens (including phenoxy) is 1. The Kier molecular flexibility index (Phi) is 5.68. The summed E-state index contributed by atoms with van der Waals surface area (Å²) in [5.74, 6) is 1.37. The van der Waals surface area contributed by atoms with Crippen LogP contribution in [-0.2, 0) is 11.3 Å². The van der Waals surface area contributed by atoms with Gasteiger partial charge in [-0.1, -0.05) is 30.3 Å². The molecule has 2 heterocycles. The number of amides is 1. The minimum Gasteiger partial charge on any atom is -0.385 e. The molecular formula is C24H26N4O2. The first-order chi connectivity index (χ1) is 14.6. The zero-order valence-corrected chi connectivity index (χ0v) is 17.5. The van der Waals surface area contributed by atoms with Crippen LogP contribution in [0.3, 0.4) is 0 Å². The fraction of sp³-hybridized carbons (Fsp3) is 0.250. The van der Waals surface area contributed by atoms with Crippen molar-refractivity contribution in [3.8, 4) is 11.4 Å². The summed E-state index contributed by atoms with van der Waals surface area (Å²) in [6.07, 6.45) is 0.846. The minimum atomic E-state index is -0.140. The van der Waals surface area contributed by atoms with Crippen molar-refractivity contribution in [2.75, 3.05) is 19.0 Å². The Morgan fingerprint density at radius 2 is 1.83 bits per heavy atom. The normalized spacial score (nSPS) is 11.2. The number of benzene rings is 2. The molecule has 0 saturated heterocycles. The number of nitrogens with one attached hydrogen (secondary N) is 2. The topological polar surface area (TPSA) is 71.9 Å². The summed E-state index contributed by atoms with van der Waals surface area (Å²) in [6, 6.07) is 17.2. The Morgan fingerprint density at radius 3 is 2.57 bits per heavy atom. The summed E-state index contributed by atoms with van der Waals surface area (Å²) in [5.41, 5.74) is 5.60. The number of imidazole rings is 1. The molecule has 0 atom stereocenters. The third-order valence-corrected chi connectivity index (χ3v) is 5.45. The quantitative estimate of drug-likeness (QED) is 0.430. The lowest BCUT2D eigenvalue weighted by Gasteiger charge is -2.14. The molecule has 4 rings (SSSR count). The number of hydrogen-bond acceptors (Lipinski definition) is 3. The number of aromatic amines is 1. The Bertz CT molecular complexity index is 1140. The largest absolute Gasteiger partial charge is 0.385 e. The number of H-pyrrole nitrogens is 1. The number of anilines is 1. The van der Waals surface area contributed by atoms with Gasteiger partial charge in [0.1, 0.15) is 11.6 Å². The molecular weight excluding hydrogens is 376 g/mol. The summed E-state index contributed by atoms with van der Waals surface area (Å²) >= 11 is 0. The van der Waals surface area contributed by atoms with Crippen molar-refractivity contribution in [1.82, 2.24) is 14.5 Å². The van der Waals surface area contributed by atoms with Crippen molar-refractivity contribution in [2.24, 2.45) is 0 Å². The van der Waals surface area contributed by atoms with E-state index < -0.39 is 0 Å². The Morgan fingerprint density at radius 1 is 1.10 bits per heavy atom. The number of para-hydroxylation sites is 2. The van der Waals surface area contributed by atoms with Crippen LogP contribution in [0.15, 0.2) is 54.6 Å². The van der Waals surface area contributed by atoms with Gasteiger partial charge in [0, 0.05) is 31.5 Å². The van der Waals surface area contributed by atoms with E-state index in [4.69, 9.17) is 9.72 Å². The Balaban J connectivity index is 1.81. The summed E-state index contributed by atoms with van der Waals surface area (Å²) in [4.78, 5) is 21.2. The van der Waals surface area contributed by atoms with Gasteiger partial charge < -0.3 is 19.6 Å².